The fourth-order valence-corrected chi connectivity index (χ4v) is 4.03. The van der Waals surface area contributed by atoms with Gasteiger partial charge >= 0.3 is 0 Å². The number of hydrogen-bond acceptors (Lipinski definition) is 5. The molecule has 150 valence electrons. The first-order chi connectivity index (χ1) is 13.6. The molecule has 6 heteroatoms. The molecule has 0 bridgehead atoms. The summed E-state index contributed by atoms with van der Waals surface area (Å²) in [6, 6.07) is 8.29. The fourth-order valence-electron chi connectivity index (χ4n) is 4.03. The van der Waals surface area contributed by atoms with Gasteiger partial charge in [0.05, 0.1) is 12.3 Å². The van der Waals surface area contributed by atoms with Gasteiger partial charge in [-0.25, -0.2) is 0 Å². The Morgan fingerprint density at radius 1 is 1.21 bits per heavy atom. The van der Waals surface area contributed by atoms with Gasteiger partial charge in [-0.1, -0.05) is 18.2 Å². The normalized spacial score (nSPS) is 16.8. The van der Waals surface area contributed by atoms with Gasteiger partial charge < -0.3 is 24.1 Å². The summed E-state index contributed by atoms with van der Waals surface area (Å²) in [4.78, 5) is 12.6. The monoisotopic (exact) mass is 384 g/mol. The highest BCUT2D eigenvalue weighted by Gasteiger charge is 2.25. The first-order valence-electron chi connectivity index (χ1n) is 9.85. The maximum atomic E-state index is 12.6. The lowest BCUT2D eigenvalue weighted by atomic mass is 9.87. The molecule has 1 aromatic carbocycles. The van der Waals surface area contributed by atoms with Gasteiger partial charge in [0.25, 0.3) is 0 Å². The van der Waals surface area contributed by atoms with Crippen molar-refractivity contribution >= 4 is 0 Å². The van der Waals surface area contributed by atoms with E-state index in [4.69, 9.17) is 14.2 Å². The molecule has 1 atom stereocenters. The molecule has 4 rings (SSSR count). The zero-order chi connectivity index (χ0) is 19.7. The van der Waals surface area contributed by atoms with E-state index in [1.807, 2.05) is 6.92 Å². The van der Waals surface area contributed by atoms with E-state index in [9.17, 15) is 4.79 Å². The van der Waals surface area contributed by atoms with Crippen LogP contribution in [0.2, 0.25) is 0 Å². The second-order valence-corrected chi connectivity index (χ2v) is 7.62. The average Bonchev–Trinajstić information content (AvgIpc) is 2.66. The number of methoxy groups -OCH3 is 2. The second kappa shape index (κ2) is 8.07. The Hall–Kier alpha value is -2.15. The topological polar surface area (TPSA) is 61.7 Å². The molecular weight excluding hydrogens is 356 g/mol. The second-order valence-electron chi connectivity index (χ2n) is 7.62. The van der Waals surface area contributed by atoms with E-state index in [0.29, 0.717) is 25.0 Å². The quantitative estimate of drug-likeness (QED) is 0.792. The van der Waals surface area contributed by atoms with Crippen LogP contribution in [-0.2, 0) is 22.4 Å². The van der Waals surface area contributed by atoms with Crippen LogP contribution in [0.1, 0.15) is 22.6 Å². The van der Waals surface area contributed by atoms with Crippen molar-refractivity contribution in [3.8, 4) is 17.1 Å². The van der Waals surface area contributed by atoms with Crippen molar-refractivity contribution in [1.29, 1.82) is 0 Å². The summed E-state index contributed by atoms with van der Waals surface area (Å²) in [5.41, 5.74) is 5.60. The zero-order valence-corrected chi connectivity index (χ0v) is 16.8. The van der Waals surface area contributed by atoms with Gasteiger partial charge in [-0.2, -0.15) is 0 Å². The van der Waals surface area contributed by atoms with Gasteiger partial charge in [-0.15, -0.1) is 0 Å². The summed E-state index contributed by atoms with van der Waals surface area (Å²) >= 11 is 0. The third-order valence-corrected chi connectivity index (χ3v) is 5.86. The van der Waals surface area contributed by atoms with Crippen LogP contribution in [0.5, 0.6) is 5.88 Å². The summed E-state index contributed by atoms with van der Waals surface area (Å²) < 4.78 is 18.7. The molecule has 1 N–H and O–H groups in total. The standard InChI is InChI=1S/C22H28N2O4/c1-14-20(25)9-21(28-13-18(27-3)12-26-2)24-7-6-16-8-15(17-10-23-11-17)4-5-19(16)22(14)24/h4-5,8-9,17-18,23H,6-7,10-13H2,1-3H3/t18-/m0/s1. The summed E-state index contributed by atoms with van der Waals surface area (Å²) in [6.07, 6.45) is 0.757. The molecule has 0 radical (unpaired) electrons. The summed E-state index contributed by atoms with van der Waals surface area (Å²) in [5, 5.41) is 3.34. The Labute approximate surface area is 165 Å². The van der Waals surface area contributed by atoms with Crippen LogP contribution in [0.3, 0.4) is 0 Å². The maximum absolute atomic E-state index is 12.6. The van der Waals surface area contributed by atoms with E-state index in [1.54, 1.807) is 20.3 Å². The molecule has 0 unspecified atom stereocenters. The number of rotatable bonds is 7. The molecule has 1 aromatic heterocycles. The Morgan fingerprint density at radius 3 is 2.71 bits per heavy atom. The third-order valence-electron chi connectivity index (χ3n) is 5.86. The van der Waals surface area contributed by atoms with E-state index in [2.05, 4.69) is 28.1 Å². The van der Waals surface area contributed by atoms with E-state index in [0.717, 1.165) is 42.9 Å². The maximum Gasteiger partial charge on any atom is 0.197 e. The first-order valence-corrected chi connectivity index (χ1v) is 9.85. The minimum atomic E-state index is -0.174. The van der Waals surface area contributed by atoms with Crippen LogP contribution in [0.25, 0.3) is 11.3 Å². The van der Waals surface area contributed by atoms with Crippen LogP contribution in [0.4, 0.5) is 0 Å². The first kappa shape index (κ1) is 19.2. The number of pyridine rings is 1. The number of fused-ring (bicyclic) bond motifs is 3. The van der Waals surface area contributed by atoms with Gasteiger partial charge in [0.15, 0.2) is 11.3 Å². The Balaban J connectivity index is 1.68. The molecule has 1 fully saturated rings. The molecule has 3 heterocycles. The number of aryl methyl sites for hydroxylation is 1. The van der Waals surface area contributed by atoms with Crippen molar-refractivity contribution in [2.75, 3.05) is 40.5 Å². The molecule has 1 saturated heterocycles. The lowest BCUT2D eigenvalue weighted by Gasteiger charge is -2.31. The lowest BCUT2D eigenvalue weighted by molar-refractivity contribution is -0.000948. The highest BCUT2D eigenvalue weighted by atomic mass is 16.6. The molecule has 28 heavy (non-hydrogen) atoms. The minimum Gasteiger partial charge on any atom is -0.476 e. The van der Waals surface area contributed by atoms with Crippen molar-refractivity contribution in [3.63, 3.8) is 0 Å². The van der Waals surface area contributed by atoms with Crippen molar-refractivity contribution in [2.24, 2.45) is 0 Å². The Morgan fingerprint density at radius 2 is 2.04 bits per heavy atom. The van der Waals surface area contributed by atoms with E-state index in [-0.39, 0.29) is 11.5 Å². The van der Waals surface area contributed by atoms with E-state index in [1.165, 1.54) is 11.1 Å². The predicted octanol–water partition coefficient (Wildman–Crippen LogP) is 2.11. The number of ether oxygens (including phenoxy) is 3. The van der Waals surface area contributed by atoms with Crippen LogP contribution >= 0.6 is 0 Å². The van der Waals surface area contributed by atoms with Crippen LogP contribution in [-0.4, -0.2) is 51.2 Å². The lowest BCUT2D eigenvalue weighted by Crippen LogP contribution is -2.39. The number of aromatic nitrogens is 1. The molecule has 0 spiro atoms. The zero-order valence-electron chi connectivity index (χ0n) is 16.8. The van der Waals surface area contributed by atoms with Gasteiger partial charge in [-0.3, -0.25) is 4.79 Å². The van der Waals surface area contributed by atoms with Crippen LogP contribution < -0.4 is 15.5 Å². The fraction of sp³-hybridized carbons (Fsp3) is 0.500. The summed E-state index contributed by atoms with van der Waals surface area (Å²) in [6.45, 7) is 5.59. The SMILES string of the molecule is COC[C@@H](COc1cc(=O)c(C)c2n1CCc1cc(C3CNC3)ccc1-2)OC. The van der Waals surface area contributed by atoms with E-state index < -0.39 is 0 Å². The summed E-state index contributed by atoms with van der Waals surface area (Å²) in [5.74, 6) is 1.21. The minimum absolute atomic E-state index is 0.00192. The van der Waals surface area contributed by atoms with Gasteiger partial charge in [0.1, 0.15) is 12.7 Å². The average molecular weight is 384 g/mol. The predicted molar refractivity (Wildman–Crippen MR) is 108 cm³/mol. The molecule has 0 amide bonds. The summed E-state index contributed by atoms with van der Waals surface area (Å²) in [7, 11) is 3.27. The number of benzene rings is 1. The highest BCUT2D eigenvalue weighted by Crippen LogP contribution is 2.35. The highest BCUT2D eigenvalue weighted by molar-refractivity contribution is 5.70. The van der Waals surface area contributed by atoms with Crippen molar-refractivity contribution in [3.05, 3.63) is 51.2 Å². The number of nitrogens with one attached hydrogen (secondary N) is 1. The van der Waals surface area contributed by atoms with Crippen LogP contribution in [0.15, 0.2) is 29.1 Å². The van der Waals surface area contributed by atoms with Crippen LogP contribution in [0, 0.1) is 6.92 Å². The van der Waals surface area contributed by atoms with Gasteiger partial charge in [-0.05, 0) is 24.5 Å². The number of hydrogen-bond donors (Lipinski definition) is 1. The smallest absolute Gasteiger partial charge is 0.197 e. The largest absolute Gasteiger partial charge is 0.476 e. The molecule has 0 saturated carbocycles. The molecular formula is C22H28N2O4. The Kier molecular flexibility index (Phi) is 5.53. The molecule has 0 aliphatic carbocycles. The van der Waals surface area contributed by atoms with Crippen molar-refractivity contribution < 1.29 is 14.2 Å². The van der Waals surface area contributed by atoms with Crippen molar-refractivity contribution in [1.82, 2.24) is 9.88 Å². The Bertz CT molecular complexity index is 917. The van der Waals surface area contributed by atoms with Crippen molar-refractivity contribution in [2.45, 2.75) is 31.9 Å². The molecule has 2 aliphatic rings. The van der Waals surface area contributed by atoms with Gasteiger partial charge in [0, 0.05) is 57.0 Å². The van der Waals surface area contributed by atoms with Gasteiger partial charge in [0.2, 0.25) is 0 Å². The molecule has 2 aromatic rings. The van der Waals surface area contributed by atoms with E-state index >= 15 is 0 Å². The molecule has 6 nitrogen and oxygen atoms in total. The number of nitrogens with zero attached hydrogens (tertiary/aromatic N) is 1. The molecule has 2 aliphatic heterocycles. The third kappa shape index (κ3) is 3.48.